The molecule has 1 aromatic heterocycles. The van der Waals surface area contributed by atoms with Crippen LogP contribution in [0.15, 0.2) is 17.5 Å². The summed E-state index contributed by atoms with van der Waals surface area (Å²) in [6.07, 6.45) is -0.259. The smallest absolute Gasteiger partial charge is 0.410 e. The van der Waals surface area contributed by atoms with Gasteiger partial charge in [-0.1, -0.05) is 6.07 Å². The molecule has 1 heterocycles. The van der Waals surface area contributed by atoms with Gasteiger partial charge >= 0.3 is 6.09 Å². The van der Waals surface area contributed by atoms with Gasteiger partial charge in [-0.05, 0) is 59.9 Å². The first-order valence-corrected chi connectivity index (χ1v) is 8.66. The van der Waals surface area contributed by atoms with E-state index >= 15 is 0 Å². The third kappa shape index (κ3) is 6.36. The lowest BCUT2D eigenvalue weighted by atomic mass is 10.1. The number of carbonyl (C=O) groups is 1. The molecule has 1 N–H and O–H groups in total. The van der Waals surface area contributed by atoms with E-state index in [1.807, 2.05) is 41.5 Å². The molecule has 126 valence electrons. The van der Waals surface area contributed by atoms with Gasteiger partial charge in [-0.2, -0.15) is 0 Å². The van der Waals surface area contributed by atoms with Gasteiger partial charge < -0.3 is 15.0 Å². The Morgan fingerprint density at radius 1 is 1.32 bits per heavy atom. The summed E-state index contributed by atoms with van der Waals surface area (Å²) < 4.78 is 5.52. The molecule has 0 aliphatic rings. The van der Waals surface area contributed by atoms with Crippen LogP contribution in [0.1, 0.15) is 59.4 Å². The average Bonchev–Trinajstić information content (AvgIpc) is 2.83. The third-order valence-corrected chi connectivity index (χ3v) is 4.23. The van der Waals surface area contributed by atoms with Crippen LogP contribution in [0.3, 0.4) is 0 Å². The van der Waals surface area contributed by atoms with Crippen LogP contribution in [0, 0.1) is 0 Å². The zero-order chi connectivity index (χ0) is 17.0. The highest BCUT2D eigenvalue weighted by molar-refractivity contribution is 7.10. The Hall–Kier alpha value is -1.07. The minimum atomic E-state index is -0.474. The Balaban J connectivity index is 2.57. The van der Waals surface area contributed by atoms with Crippen molar-refractivity contribution in [3.8, 4) is 0 Å². The summed E-state index contributed by atoms with van der Waals surface area (Å²) >= 11 is 1.74. The quantitative estimate of drug-likeness (QED) is 0.870. The minimum absolute atomic E-state index is 0.259. The summed E-state index contributed by atoms with van der Waals surface area (Å²) in [7, 11) is 0. The summed E-state index contributed by atoms with van der Waals surface area (Å²) in [4.78, 5) is 15.5. The van der Waals surface area contributed by atoms with Gasteiger partial charge in [-0.25, -0.2) is 4.79 Å². The second kappa shape index (κ2) is 7.47. The number of ether oxygens (including phenoxy) is 1. The molecule has 4 nitrogen and oxygen atoms in total. The van der Waals surface area contributed by atoms with Gasteiger partial charge in [0.1, 0.15) is 5.60 Å². The lowest BCUT2D eigenvalue weighted by Gasteiger charge is -2.37. The Bertz CT molecular complexity index is 458. The van der Waals surface area contributed by atoms with Crippen molar-refractivity contribution in [3.63, 3.8) is 0 Å². The Morgan fingerprint density at radius 3 is 2.41 bits per heavy atom. The molecule has 0 aliphatic heterocycles. The van der Waals surface area contributed by atoms with E-state index < -0.39 is 5.60 Å². The van der Waals surface area contributed by atoms with E-state index in [2.05, 4.69) is 29.8 Å². The van der Waals surface area contributed by atoms with Crippen molar-refractivity contribution in [2.75, 3.05) is 13.1 Å². The molecule has 5 heteroatoms. The predicted octanol–water partition coefficient (Wildman–Crippen LogP) is 4.43. The van der Waals surface area contributed by atoms with Crippen LogP contribution in [0.4, 0.5) is 4.79 Å². The lowest BCUT2D eigenvalue weighted by molar-refractivity contribution is 0.00650. The third-order valence-electron chi connectivity index (χ3n) is 3.18. The fourth-order valence-corrected chi connectivity index (χ4v) is 2.81. The number of rotatable bonds is 5. The molecule has 0 aromatic carbocycles. The van der Waals surface area contributed by atoms with Crippen LogP contribution in [-0.4, -0.2) is 35.2 Å². The van der Waals surface area contributed by atoms with Crippen molar-refractivity contribution in [1.29, 1.82) is 0 Å². The van der Waals surface area contributed by atoms with Crippen LogP contribution in [0.5, 0.6) is 0 Å². The van der Waals surface area contributed by atoms with Crippen molar-refractivity contribution in [2.45, 2.75) is 65.6 Å². The fraction of sp³-hybridized carbons (Fsp3) is 0.706. The number of nitrogens with one attached hydrogen (secondary N) is 1. The van der Waals surface area contributed by atoms with Crippen molar-refractivity contribution < 1.29 is 9.53 Å². The van der Waals surface area contributed by atoms with Crippen molar-refractivity contribution in [2.24, 2.45) is 0 Å². The molecule has 0 saturated carbocycles. The minimum Gasteiger partial charge on any atom is -0.444 e. The molecule has 1 aromatic rings. The van der Waals surface area contributed by atoms with E-state index in [0.717, 1.165) is 6.54 Å². The molecule has 1 amide bonds. The van der Waals surface area contributed by atoms with Crippen LogP contribution in [0.25, 0.3) is 0 Å². The zero-order valence-corrected chi connectivity index (χ0v) is 15.7. The van der Waals surface area contributed by atoms with Crippen molar-refractivity contribution in [3.05, 3.63) is 22.4 Å². The van der Waals surface area contributed by atoms with Crippen molar-refractivity contribution in [1.82, 2.24) is 10.2 Å². The molecular weight excluding hydrogens is 296 g/mol. The second-order valence-corrected chi connectivity index (χ2v) is 8.47. The fourth-order valence-electron chi connectivity index (χ4n) is 2.05. The molecular formula is C17H30N2O2S. The van der Waals surface area contributed by atoms with E-state index in [1.165, 1.54) is 4.88 Å². The van der Waals surface area contributed by atoms with Crippen LogP contribution < -0.4 is 5.32 Å². The van der Waals surface area contributed by atoms with E-state index in [-0.39, 0.29) is 11.6 Å². The molecule has 1 rings (SSSR count). The zero-order valence-electron chi connectivity index (χ0n) is 14.9. The number of hydrogen-bond acceptors (Lipinski definition) is 4. The van der Waals surface area contributed by atoms with Crippen LogP contribution in [-0.2, 0) is 4.74 Å². The van der Waals surface area contributed by atoms with Gasteiger partial charge in [0, 0.05) is 29.5 Å². The predicted molar refractivity (Wildman–Crippen MR) is 93.4 cm³/mol. The number of carbonyl (C=O) groups excluding carboxylic acids is 1. The molecule has 1 atom stereocenters. The SMILES string of the molecule is C[C@@H](NCCN(C(=O)OC(C)(C)C)C(C)(C)C)c1cccs1. The molecule has 0 aliphatic carbocycles. The van der Waals surface area contributed by atoms with Gasteiger partial charge in [0.25, 0.3) is 0 Å². The highest BCUT2D eigenvalue weighted by atomic mass is 32.1. The summed E-state index contributed by atoms with van der Waals surface area (Å²) in [5.41, 5.74) is -0.742. The normalized spacial score (nSPS) is 13.8. The first-order chi connectivity index (χ1) is 10.0. The largest absolute Gasteiger partial charge is 0.444 e. The van der Waals surface area contributed by atoms with Gasteiger partial charge in [0.05, 0.1) is 0 Å². The number of thiophene rings is 1. The Kier molecular flexibility index (Phi) is 6.44. The standard InChI is InChI=1S/C17H30N2O2S/c1-13(14-9-8-12-22-14)18-10-11-19(16(2,3)4)15(20)21-17(5,6)7/h8-9,12-13,18H,10-11H2,1-7H3/t13-/m1/s1. The van der Waals surface area contributed by atoms with E-state index in [0.29, 0.717) is 12.6 Å². The highest BCUT2D eigenvalue weighted by Gasteiger charge is 2.30. The van der Waals surface area contributed by atoms with E-state index in [4.69, 9.17) is 4.74 Å². The van der Waals surface area contributed by atoms with E-state index in [1.54, 1.807) is 16.2 Å². The van der Waals surface area contributed by atoms with E-state index in [9.17, 15) is 4.79 Å². The van der Waals surface area contributed by atoms with Crippen molar-refractivity contribution >= 4 is 17.4 Å². The maximum Gasteiger partial charge on any atom is 0.410 e. The molecule has 22 heavy (non-hydrogen) atoms. The Labute approximate surface area is 138 Å². The summed E-state index contributed by atoms with van der Waals surface area (Å²) in [6, 6.07) is 4.47. The summed E-state index contributed by atoms with van der Waals surface area (Å²) in [5.74, 6) is 0. The van der Waals surface area contributed by atoms with Gasteiger partial charge in [0.15, 0.2) is 0 Å². The van der Waals surface area contributed by atoms with Gasteiger partial charge in [0.2, 0.25) is 0 Å². The first-order valence-electron chi connectivity index (χ1n) is 7.78. The molecule has 0 spiro atoms. The molecule has 0 saturated heterocycles. The number of nitrogens with zero attached hydrogens (tertiary/aromatic N) is 1. The maximum atomic E-state index is 12.4. The lowest BCUT2D eigenvalue weighted by Crippen LogP contribution is -2.50. The molecule has 0 radical (unpaired) electrons. The molecule has 0 fully saturated rings. The number of hydrogen-bond donors (Lipinski definition) is 1. The molecule has 0 unspecified atom stereocenters. The van der Waals surface area contributed by atoms with Crippen LogP contribution >= 0.6 is 11.3 Å². The number of amides is 1. The average molecular weight is 327 g/mol. The van der Waals surface area contributed by atoms with Gasteiger partial charge in [-0.3, -0.25) is 0 Å². The Morgan fingerprint density at radius 2 is 1.95 bits per heavy atom. The molecule has 0 bridgehead atoms. The first kappa shape index (κ1) is 19.0. The van der Waals surface area contributed by atoms with Crippen LogP contribution in [0.2, 0.25) is 0 Å². The second-order valence-electron chi connectivity index (χ2n) is 7.49. The monoisotopic (exact) mass is 326 g/mol. The topological polar surface area (TPSA) is 41.6 Å². The summed E-state index contributed by atoms with van der Waals surface area (Å²) in [5, 5.41) is 5.55. The highest BCUT2D eigenvalue weighted by Crippen LogP contribution is 2.20. The van der Waals surface area contributed by atoms with Gasteiger partial charge in [-0.15, -0.1) is 11.3 Å². The maximum absolute atomic E-state index is 12.4. The summed E-state index contributed by atoms with van der Waals surface area (Å²) in [6.45, 7) is 15.2.